The van der Waals surface area contributed by atoms with Crippen LogP contribution in [0.2, 0.25) is 0 Å². The summed E-state index contributed by atoms with van der Waals surface area (Å²) in [5.74, 6) is 0. The highest BCUT2D eigenvalue weighted by Gasteiger charge is 2.09. The second-order valence-corrected chi connectivity index (χ2v) is 2.52. The van der Waals surface area contributed by atoms with Crippen LogP contribution in [0.15, 0.2) is 24.4 Å². The third-order valence-electron chi connectivity index (χ3n) is 1.78. The van der Waals surface area contributed by atoms with E-state index < -0.39 is 0 Å². The van der Waals surface area contributed by atoms with Gasteiger partial charge in [0.05, 0.1) is 0 Å². The van der Waals surface area contributed by atoms with E-state index in [0.717, 1.165) is 11.1 Å². The molecule has 0 spiro atoms. The number of nitrogens with two attached hydrogens (primary N) is 1. The molecule has 1 aliphatic rings. The standard InChI is InChI=1S/C9H9N2/c10-9-8-4-2-1-3-7(8)5-6-11-9/h1-2,4-6,9,11H,10H2. The molecule has 1 unspecified atom stereocenters. The van der Waals surface area contributed by atoms with Crippen molar-refractivity contribution in [2.45, 2.75) is 6.17 Å². The quantitative estimate of drug-likeness (QED) is 0.572. The van der Waals surface area contributed by atoms with Gasteiger partial charge in [0, 0.05) is 0 Å². The van der Waals surface area contributed by atoms with E-state index in [0.29, 0.717) is 0 Å². The topological polar surface area (TPSA) is 38.0 Å². The molecule has 0 saturated carbocycles. The molecule has 1 aromatic rings. The van der Waals surface area contributed by atoms with Gasteiger partial charge in [0.2, 0.25) is 0 Å². The van der Waals surface area contributed by atoms with Gasteiger partial charge in [0.25, 0.3) is 0 Å². The summed E-state index contributed by atoms with van der Waals surface area (Å²) in [6, 6.07) is 8.95. The van der Waals surface area contributed by atoms with Crippen molar-refractivity contribution in [2.24, 2.45) is 5.73 Å². The number of fused-ring (bicyclic) bond motifs is 1. The first-order chi connectivity index (χ1) is 5.38. The number of hydrogen-bond donors (Lipinski definition) is 2. The highest BCUT2D eigenvalue weighted by Crippen LogP contribution is 2.18. The summed E-state index contributed by atoms with van der Waals surface area (Å²) in [4.78, 5) is 0. The molecule has 0 aliphatic carbocycles. The fourth-order valence-electron chi connectivity index (χ4n) is 1.20. The highest BCUT2D eigenvalue weighted by molar-refractivity contribution is 5.55. The van der Waals surface area contributed by atoms with Crippen LogP contribution in [0.1, 0.15) is 17.3 Å². The predicted octanol–water partition coefficient (Wildman–Crippen LogP) is 1.02. The predicted molar refractivity (Wildman–Crippen MR) is 44.4 cm³/mol. The second-order valence-electron chi connectivity index (χ2n) is 2.52. The fraction of sp³-hybridized carbons (Fsp3) is 0.111. The zero-order valence-corrected chi connectivity index (χ0v) is 6.04. The molecular weight excluding hydrogens is 136 g/mol. The average Bonchev–Trinajstić information content (AvgIpc) is 2.06. The van der Waals surface area contributed by atoms with Crippen molar-refractivity contribution >= 4 is 6.08 Å². The van der Waals surface area contributed by atoms with Crippen LogP contribution in [0.25, 0.3) is 6.08 Å². The Hall–Kier alpha value is -1.28. The Bertz CT molecular complexity index is 291. The van der Waals surface area contributed by atoms with Crippen LogP contribution in [0.5, 0.6) is 0 Å². The number of rotatable bonds is 0. The van der Waals surface area contributed by atoms with Gasteiger partial charge >= 0.3 is 0 Å². The summed E-state index contributed by atoms with van der Waals surface area (Å²) < 4.78 is 0. The maximum atomic E-state index is 5.76. The van der Waals surface area contributed by atoms with Gasteiger partial charge in [0.1, 0.15) is 6.17 Å². The van der Waals surface area contributed by atoms with E-state index in [1.54, 1.807) is 0 Å². The number of benzene rings is 1. The molecule has 1 aliphatic heterocycles. The minimum Gasteiger partial charge on any atom is -0.372 e. The monoisotopic (exact) mass is 145 g/mol. The Morgan fingerprint density at radius 1 is 1.55 bits per heavy atom. The Balaban J connectivity index is 2.54. The zero-order chi connectivity index (χ0) is 7.68. The third kappa shape index (κ3) is 1.01. The smallest absolute Gasteiger partial charge is 0.101 e. The Morgan fingerprint density at radius 2 is 2.45 bits per heavy atom. The van der Waals surface area contributed by atoms with E-state index >= 15 is 0 Å². The van der Waals surface area contributed by atoms with E-state index in [4.69, 9.17) is 5.73 Å². The van der Waals surface area contributed by atoms with Crippen LogP contribution in [0.4, 0.5) is 0 Å². The van der Waals surface area contributed by atoms with Crippen molar-refractivity contribution in [1.82, 2.24) is 5.32 Å². The van der Waals surface area contributed by atoms with Crippen LogP contribution in [0, 0.1) is 6.07 Å². The molecule has 0 aromatic heterocycles. The van der Waals surface area contributed by atoms with Crippen molar-refractivity contribution in [1.29, 1.82) is 0 Å². The van der Waals surface area contributed by atoms with E-state index in [1.165, 1.54) is 0 Å². The lowest BCUT2D eigenvalue weighted by Crippen LogP contribution is -2.27. The summed E-state index contributed by atoms with van der Waals surface area (Å²) >= 11 is 0. The average molecular weight is 145 g/mol. The normalized spacial score (nSPS) is 20.6. The van der Waals surface area contributed by atoms with Crippen molar-refractivity contribution in [3.8, 4) is 0 Å². The van der Waals surface area contributed by atoms with E-state index in [1.807, 2.05) is 30.5 Å². The summed E-state index contributed by atoms with van der Waals surface area (Å²) in [7, 11) is 0. The summed E-state index contributed by atoms with van der Waals surface area (Å²) in [6.45, 7) is 0. The molecular formula is C9H9N2. The van der Waals surface area contributed by atoms with E-state index in [-0.39, 0.29) is 6.17 Å². The second kappa shape index (κ2) is 2.40. The number of hydrogen-bond acceptors (Lipinski definition) is 2. The van der Waals surface area contributed by atoms with Gasteiger partial charge in [-0.15, -0.1) is 0 Å². The van der Waals surface area contributed by atoms with E-state index in [2.05, 4.69) is 11.4 Å². The molecule has 0 saturated heterocycles. The highest BCUT2D eigenvalue weighted by atomic mass is 15.0. The van der Waals surface area contributed by atoms with Crippen molar-refractivity contribution in [3.63, 3.8) is 0 Å². The van der Waals surface area contributed by atoms with Gasteiger partial charge in [-0.2, -0.15) is 0 Å². The SMILES string of the molecule is NC1NC=Cc2[c]cccc21. The molecule has 2 heteroatoms. The molecule has 1 heterocycles. The van der Waals surface area contributed by atoms with Gasteiger partial charge < -0.3 is 11.1 Å². The van der Waals surface area contributed by atoms with Gasteiger partial charge in [-0.3, -0.25) is 0 Å². The Labute approximate surface area is 65.7 Å². The molecule has 11 heavy (non-hydrogen) atoms. The van der Waals surface area contributed by atoms with Crippen molar-refractivity contribution in [3.05, 3.63) is 41.6 Å². The molecule has 2 nitrogen and oxygen atoms in total. The first-order valence-electron chi connectivity index (χ1n) is 3.57. The Kier molecular flexibility index (Phi) is 1.40. The van der Waals surface area contributed by atoms with Crippen molar-refractivity contribution < 1.29 is 0 Å². The summed E-state index contributed by atoms with van der Waals surface area (Å²) in [5, 5.41) is 3.02. The molecule has 3 N–H and O–H groups in total. The maximum absolute atomic E-state index is 5.76. The fourth-order valence-corrected chi connectivity index (χ4v) is 1.20. The maximum Gasteiger partial charge on any atom is 0.101 e. The van der Waals surface area contributed by atoms with Gasteiger partial charge in [-0.1, -0.05) is 18.2 Å². The first kappa shape index (κ1) is 6.43. The summed E-state index contributed by atoms with van der Waals surface area (Å²) in [5.41, 5.74) is 7.95. The minimum absolute atomic E-state index is 0.0764. The minimum atomic E-state index is -0.0764. The molecule has 55 valence electrons. The summed E-state index contributed by atoms with van der Waals surface area (Å²) in [6.07, 6.45) is 3.75. The van der Waals surface area contributed by atoms with Crippen LogP contribution in [-0.4, -0.2) is 0 Å². The van der Waals surface area contributed by atoms with E-state index in [9.17, 15) is 0 Å². The largest absolute Gasteiger partial charge is 0.372 e. The number of nitrogens with one attached hydrogen (secondary N) is 1. The lowest BCUT2D eigenvalue weighted by molar-refractivity contribution is 0.646. The lowest BCUT2D eigenvalue weighted by atomic mass is 10.0. The molecule has 0 fully saturated rings. The molecule has 2 rings (SSSR count). The van der Waals surface area contributed by atoms with Gasteiger partial charge in [-0.25, -0.2) is 0 Å². The molecule has 1 radical (unpaired) electrons. The van der Waals surface area contributed by atoms with Crippen LogP contribution < -0.4 is 11.1 Å². The van der Waals surface area contributed by atoms with Crippen LogP contribution >= 0.6 is 0 Å². The zero-order valence-electron chi connectivity index (χ0n) is 6.04. The van der Waals surface area contributed by atoms with Crippen molar-refractivity contribution in [2.75, 3.05) is 0 Å². The molecule has 0 bridgehead atoms. The third-order valence-corrected chi connectivity index (χ3v) is 1.78. The molecule has 1 aromatic carbocycles. The first-order valence-corrected chi connectivity index (χ1v) is 3.57. The molecule has 1 atom stereocenters. The lowest BCUT2D eigenvalue weighted by Gasteiger charge is -2.18. The Morgan fingerprint density at radius 3 is 3.27 bits per heavy atom. The van der Waals surface area contributed by atoms with Gasteiger partial charge in [-0.05, 0) is 29.5 Å². The van der Waals surface area contributed by atoms with Gasteiger partial charge in [0.15, 0.2) is 0 Å². The molecule has 0 amide bonds. The van der Waals surface area contributed by atoms with Crippen LogP contribution in [-0.2, 0) is 0 Å². The van der Waals surface area contributed by atoms with Crippen LogP contribution in [0.3, 0.4) is 0 Å².